The Morgan fingerprint density at radius 3 is 2.56 bits per heavy atom. The molecule has 0 radical (unpaired) electrons. The Bertz CT molecular complexity index is 217. The number of amides is 1. The van der Waals surface area contributed by atoms with Gasteiger partial charge in [0.2, 0.25) is 5.91 Å². The molecule has 0 aromatic rings. The molecule has 94 valence electrons. The monoisotopic (exact) mass is 244 g/mol. The van der Waals surface area contributed by atoms with E-state index in [0.29, 0.717) is 5.91 Å². The molecule has 2 N–H and O–H groups in total. The van der Waals surface area contributed by atoms with E-state index in [1.54, 1.807) is 11.8 Å². The van der Waals surface area contributed by atoms with Gasteiger partial charge in [-0.2, -0.15) is 0 Å². The molecule has 1 aliphatic heterocycles. The van der Waals surface area contributed by atoms with E-state index in [4.69, 9.17) is 5.73 Å². The molecule has 0 spiro atoms. The van der Waals surface area contributed by atoms with E-state index >= 15 is 0 Å². The van der Waals surface area contributed by atoms with Gasteiger partial charge in [-0.15, -0.1) is 11.8 Å². The molecular formula is C12H24N2OS. The van der Waals surface area contributed by atoms with E-state index < -0.39 is 0 Å². The molecule has 0 bridgehead atoms. The number of thioether (sulfide) groups is 1. The number of piperidine rings is 1. The zero-order valence-corrected chi connectivity index (χ0v) is 11.3. The maximum atomic E-state index is 12.1. The van der Waals surface area contributed by atoms with Crippen LogP contribution >= 0.6 is 11.8 Å². The Labute approximate surface area is 103 Å². The van der Waals surface area contributed by atoms with Crippen LogP contribution in [0.3, 0.4) is 0 Å². The van der Waals surface area contributed by atoms with Crippen LogP contribution in [0.2, 0.25) is 0 Å². The first kappa shape index (κ1) is 13.8. The Kier molecular flexibility index (Phi) is 6.21. The van der Waals surface area contributed by atoms with Crippen molar-refractivity contribution in [3.8, 4) is 0 Å². The molecule has 0 saturated carbocycles. The summed E-state index contributed by atoms with van der Waals surface area (Å²) in [6.45, 7) is 5.99. The van der Waals surface area contributed by atoms with Gasteiger partial charge in [0.15, 0.2) is 0 Å². The third kappa shape index (κ3) is 4.34. The molecular weight excluding hydrogens is 220 g/mol. The first-order valence-corrected chi connectivity index (χ1v) is 7.36. The maximum Gasteiger partial charge on any atom is 0.235 e. The van der Waals surface area contributed by atoms with Crippen LogP contribution in [-0.2, 0) is 4.79 Å². The van der Waals surface area contributed by atoms with Crippen LogP contribution in [0.25, 0.3) is 0 Å². The molecule has 1 amide bonds. The van der Waals surface area contributed by atoms with Gasteiger partial charge in [-0.1, -0.05) is 6.92 Å². The van der Waals surface area contributed by atoms with Gasteiger partial charge in [-0.05, 0) is 32.6 Å². The molecule has 1 rings (SSSR count). The van der Waals surface area contributed by atoms with Crippen molar-refractivity contribution in [2.24, 2.45) is 5.73 Å². The molecule has 3 nitrogen and oxygen atoms in total. The Morgan fingerprint density at radius 1 is 1.38 bits per heavy atom. The van der Waals surface area contributed by atoms with Gasteiger partial charge < -0.3 is 10.6 Å². The highest BCUT2D eigenvalue weighted by molar-refractivity contribution is 8.00. The molecule has 16 heavy (non-hydrogen) atoms. The van der Waals surface area contributed by atoms with Crippen molar-refractivity contribution in [2.75, 3.05) is 18.8 Å². The number of rotatable bonds is 5. The highest BCUT2D eigenvalue weighted by Crippen LogP contribution is 2.18. The lowest BCUT2D eigenvalue weighted by molar-refractivity contribution is -0.131. The van der Waals surface area contributed by atoms with Gasteiger partial charge >= 0.3 is 0 Å². The minimum atomic E-state index is 0.0655. The Hall–Kier alpha value is -0.220. The summed E-state index contributed by atoms with van der Waals surface area (Å²) in [5, 5.41) is 0.0655. The number of nitrogens with zero attached hydrogens (tertiary/aromatic N) is 1. The fourth-order valence-corrected chi connectivity index (χ4v) is 2.89. The highest BCUT2D eigenvalue weighted by Gasteiger charge is 2.22. The topological polar surface area (TPSA) is 46.3 Å². The predicted octanol–water partition coefficient (Wildman–Crippen LogP) is 1.86. The summed E-state index contributed by atoms with van der Waals surface area (Å²) in [7, 11) is 0. The highest BCUT2D eigenvalue weighted by atomic mass is 32.2. The van der Waals surface area contributed by atoms with Gasteiger partial charge in [0.1, 0.15) is 0 Å². The maximum absolute atomic E-state index is 12.1. The van der Waals surface area contributed by atoms with Crippen molar-refractivity contribution in [1.82, 2.24) is 4.90 Å². The number of carbonyl (C=O) groups is 1. The SMILES string of the molecule is CCC(N)CSC(C)C(=O)N1CCCCC1. The number of likely N-dealkylation sites (tertiary alicyclic amines) is 1. The zero-order chi connectivity index (χ0) is 12.0. The van der Waals surface area contributed by atoms with Crippen LogP contribution in [0, 0.1) is 0 Å². The van der Waals surface area contributed by atoms with E-state index in [0.717, 1.165) is 38.1 Å². The lowest BCUT2D eigenvalue weighted by Crippen LogP contribution is -2.40. The van der Waals surface area contributed by atoms with Gasteiger partial charge in [0.25, 0.3) is 0 Å². The number of hydrogen-bond acceptors (Lipinski definition) is 3. The normalized spacial score (nSPS) is 20.6. The lowest BCUT2D eigenvalue weighted by Gasteiger charge is -2.29. The Morgan fingerprint density at radius 2 is 2.00 bits per heavy atom. The zero-order valence-electron chi connectivity index (χ0n) is 10.4. The number of nitrogens with two attached hydrogens (primary N) is 1. The van der Waals surface area contributed by atoms with E-state index in [2.05, 4.69) is 6.92 Å². The molecule has 1 heterocycles. The van der Waals surface area contributed by atoms with Gasteiger partial charge in [-0.25, -0.2) is 0 Å². The summed E-state index contributed by atoms with van der Waals surface area (Å²) < 4.78 is 0. The summed E-state index contributed by atoms with van der Waals surface area (Å²) in [6.07, 6.45) is 4.58. The van der Waals surface area contributed by atoms with Gasteiger partial charge in [0, 0.05) is 24.9 Å². The fraction of sp³-hybridized carbons (Fsp3) is 0.917. The van der Waals surface area contributed by atoms with Crippen molar-refractivity contribution in [3.63, 3.8) is 0 Å². The van der Waals surface area contributed by atoms with Crippen molar-refractivity contribution >= 4 is 17.7 Å². The van der Waals surface area contributed by atoms with Crippen molar-refractivity contribution < 1.29 is 4.79 Å². The largest absolute Gasteiger partial charge is 0.342 e. The summed E-state index contributed by atoms with van der Waals surface area (Å²) in [5.74, 6) is 1.19. The summed E-state index contributed by atoms with van der Waals surface area (Å²) in [5.41, 5.74) is 5.85. The van der Waals surface area contributed by atoms with E-state index in [-0.39, 0.29) is 11.3 Å². The second kappa shape index (κ2) is 7.17. The minimum Gasteiger partial charge on any atom is -0.342 e. The molecule has 1 saturated heterocycles. The average Bonchev–Trinajstić information content (AvgIpc) is 2.35. The third-order valence-corrected chi connectivity index (χ3v) is 4.42. The first-order chi connectivity index (χ1) is 7.65. The third-order valence-electron chi connectivity index (χ3n) is 3.10. The van der Waals surface area contributed by atoms with E-state index in [1.807, 2.05) is 11.8 Å². The van der Waals surface area contributed by atoms with Crippen LogP contribution in [0.4, 0.5) is 0 Å². The average molecular weight is 244 g/mol. The van der Waals surface area contributed by atoms with Crippen molar-refractivity contribution in [2.45, 2.75) is 50.8 Å². The Balaban J connectivity index is 2.29. The molecule has 1 aliphatic rings. The quantitative estimate of drug-likeness (QED) is 0.803. The van der Waals surface area contributed by atoms with Crippen LogP contribution in [-0.4, -0.2) is 40.9 Å². The fourth-order valence-electron chi connectivity index (χ4n) is 1.83. The van der Waals surface area contributed by atoms with Crippen LogP contribution in [0.15, 0.2) is 0 Å². The molecule has 0 aromatic heterocycles. The number of hydrogen-bond donors (Lipinski definition) is 1. The summed E-state index contributed by atoms with van der Waals surface area (Å²) in [6, 6.07) is 0.224. The van der Waals surface area contributed by atoms with Gasteiger partial charge in [-0.3, -0.25) is 4.79 Å². The predicted molar refractivity (Wildman–Crippen MR) is 70.6 cm³/mol. The molecule has 2 atom stereocenters. The first-order valence-electron chi connectivity index (χ1n) is 6.31. The van der Waals surface area contributed by atoms with E-state index in [1.165, 1.54) is 6.42 Å². The van der Waals surface area contributed by atoms with Crippen LogP contribution in [0.5, 0.6) is 0 Å². The molecule has 0 aromatic carbocycles. The van der Waals surface area contributed by atoms with Crippen LogP contribution in [0.1, 0.15) is 39.5 Å². The smallest absolute Gasteiger partial charge is 0.235 e. The lowest BCUT2D eigenvalue weighted by atomic mass is 10.1. The summed E-state index contributed by atoms with van der Waals surface area (Å²) >= 11 is 1.69. The van der Waals surface area contributed by atoms with E-state index in [9.17, 15) is 4.79 Å². The standard InChI is InChI=1S/C12H24N2OS/c1-3-11(13)9-16-10(2)12(15)14-7-5-4-6-8-14/h10-11H,3-9,13H2,1-2H3. The molecule has 2 unspecified atom stereocenters. The second-order valence-corrected chi connectivity index (χ2v) is 5.90. The second-order valence-electron chi connectivity index (χ2n) is 4.53. The van der Waals surface area contributed by atoms with Gasteiger partial charge in [0.05, 0.1) is 5.25 Å². The van der Waals surface area contributed by atoms with Crippen molar-refractivity contribution in [1.29, 1.82) is 0 Å². The van der Waals surface area contributed by atoms with Crippen LogP contribution < -0.4 is 5.73 Å². The molecule has 4 heteroatoms. The molecule has 1 fully saturated rings. The van der Waals surface area contributed by atoms with Crippen molar-refractivity contribution in [3.05, 3.63) is 0 Å². The minimum absolute atomic E-state index is 0.0655. The number of carbonyl (C=O) groups excluding carboxylic acids is 1. The summed E-state index contributed by atoms with van der Waals surface area (Å²) in [4.78, 5) is 14.1. The molecule has 0 aliphatic carbocycles.